The van der Waals surface area contributed by atoms with Crippen LogP contribution in [-0.2, 0) is 4.79 Å². The lowest BCUT2D eigenvalue weighted by atomic mass is 9.69. The molecule has 2 atom stereocenters. The van der Waals surface area contributed by atoms with Crippen LogP contribution in [0.2, 0.25) is 0 Å². The number of rotatable bonds is 0. The number of halogens is 1. The molecule has 0 radical (unpaired) electrons. The Kier molecular flexibility index (Phi) is 2.29. The molecule has 1 aliphatic rings. The molecule has 0 unspecified atom stereocenters. The van der Waals surface area contributed by atoms with Gasteiger partial charge in [-0.2, -0.15) is 0 Å². The summed E-state index contributed by atoms with van der Waals surface area (Å²) in [4.78, 5) is 11.2. The highest BCUT2D eigenvalue weighted by atomic mass is 35.5. The standard InChI is InChI=1S/C9H15ClO/c1-6-4-8(11)7(10)5-9(6,2)3/h6-7H,4-5H2,1-3H3/t6-,7+/m0/s1. The van der Waals surface area contributed by atoms with Crippen molar-refractivity contribution in [3.63, 3.8) is 0 Å². The van der Waals surface area contributed by atoms with Crippen LogP contribution in [0, 0.1) is 11.3 Å². The van der Waals surface area contributed by atoms with E-state index in [1.807, 2.05) is 0 Å². The molecular formula is C9H15ClO. The lowest BCUT2D eigenvalue weighted by Gasteiger charge is -2.37. The van der Waals surface area contributed by atoms with Crippen molar-refractivity contribution in [1.82, 2.24) is 0 Å². The zero-order valence-electron chi connectivity index (χ0n) is 7.36. The predicted molar refractivity (Wildman–Crippen MR) is 46.8 cm³/mol. The molecule has 64 valence electrons. The van der Waals surface area contributed by atoms with Crippen molar-refractivity contribution in [3.8, 4) is 0 Å². The van der Waals surface area contributed by atoms with Crippen LogP contribution >= 0.6 is 11.6 Å². The summed E-state index contributed by atoms with van der Waals surface area (Å²) in [7, 11) is 0. The molecule has 1 fully saturated rings. The van der Waals surface area contributed by atoms with E-state index in [1.165, 1.54) is 0 Å². The van der Waals surface area contributed by atoms with Crippen molar-refractivity contribution >= 4 is 17.4 Å². The Hall–Kier alpha value is -0.0400. The van der Waals surface area contributed by atoms with Crippen LogP contribution in [0.1, 0.15) is 33.6 Å². The summed E-state index contributed by atoms with van der Waals surface area (Å²) in [6.07, 6.45) is 1.48. The molecule has 0 aliphatic heterocycles. The highest BCUT2D eigenvalue weighted by molar-refractivity contribution is 6.31. The number of hydrogen-bond acceptors (Lipinski definition) is 1. The van der Waals surface area contributed by atoms with Gasteiger partial charge in [0.1, 0.15) is 0 Å². The van der Waals surface area contributed by atoms with E-state index in [-0.39, 0.29) is 16.6 Å². The first-order valence-corrected chi connectivity index (χ1v) is 4.54. The largest absolute Gasteiger partial charge is 0.298 e. The third-order valence-electron chi connectivity index (χ3n) is 2.90. The van der Waals surface area contributed by atoms with Crippen LogP contribution in [0.25, 0.3) is 0 Å². The van der Waals surface area contributed by atoms with Crippen molar-refractivity contribution < 1.29 is 4.79 Å². The van der Waals surface area contributed by atoms with Crippen LogP contribution in [0.3, 0.4) is 0 Å². The van der Waals surface area contributed by atoms with E-state index in [9.17, 15) is 4.79 Å². The molecule has 1 nitrogen and oxygen atoms in total. The smallest absolute Gasteiger partial charge is 0.150 e. The summed E-state index contributed by atoms with van der Waals surface area (Å²) in [5, 5.41) is -0.235. The zero-order valence-corrected chi connectivity index (χ0v) is 8.11. The molecule has 11 heavy (non-hydrogen) atoms. The van der Waals surface area contributed by atoms with Gasteiger partial charge < -0.3 is 0 Å². The van der Waals surface area contributed by atoms with E-state index in [2.05, 4.69) is 20.8 Å². The molecule has 0 aromatic heterocycles. The second-order valence-electron chi connectivity index (χ2n) is 4.23. The summed E-state index contributed by atoms with van der Waals surface area (Å²) < 4.78 is 0. The van der Waals surface area contributed by atoms with Gasteiger partial charge in [-0.05, 0) is 17.8 Å². The van der Waals surface area contributed by atoms with Crippen LogP contribution in [-0.4, -0.2) is 11.2 Å². The number of hydrogen-bond donors (Lipinski definition) is 0. The molecule has 0 aromatic carbocycles. The van der Waals surface area contributed by atoms with E-state index in [1.54, 1.807) is 0 Å². The summed E-state index contributed by atoms with van der Waals surface area (Å²) in [6.45, 7) is 6.49. The average Bonchev–Trinajstić information content (AvgIpc) is 1.83. The maximum atomic E-state index is 11.2. The second-order valence-corrected chi connectivity index (χ2v) is 4.76. The third-order valence-corrected chi connectivity index (χ3v) is 3.29. The van der Waals surface area contributed by atoms with Crippen LogP contribution in [0.4, 0.5) is 0 Å². The fraction of sp³-hybridized carbons (Fsp3) is 0.889. The maximum Gasteiger partial charge on any atom is 0.150 e. The van der Waals surface area contributed by atoms with Crippen LogP contribution in [0.15, 0.2) is 0 Å². The Morgan fingerprint density at radius 1 is 1.55 bits per heavy atom. The molecule has 0 spiro atoms. The topological polar surface area (TPSA) is 17.1 Å². The van der Waals surface area contributed by atoms with Gasteiger partial charge in [0.05, 0.1) is 5.38 Å². The number of ketones is 1. The molecule has 0 amide bonds. The third kappa shape index (κ3) is 1.76. The Morgan fingerprint density at radius 3 is 2.55 bits per heavy atom. The fourth-order valence-corrected chi connectivity index (χ4v) is 1.97. The van der Waals surface area contributed by atoms with Gasteiger partial charge in [0.15, 0.2) is 5.78 Å². The highest BCUT2D eigenvalue weighted by Crippen LogP contribution is 2.40. The molecule has 0 saturated heterocycles. The van der Waals surface area contributed by atoms with Gasteiger partial charge in [-0.25, -0.2) is 0 Å². The first kappa shape index (κ1) is 9.05. The summed E-state index contributed by atoms with van der Waals surface area (Å²) in [5.74, 6) is 0.698. The predicted octanol–water partition coefficient (Wildman–Crippen LogP) is 2.62. The number of carbonyl (C=O) groups is 1. The van der Waals surface area contributed by atoms with E-state index < -0.39 is 0 Å². The molecule has 0 N–H and O–H groups in total. The minimum Gasteiger partial charge on any atom is -0.298 e. The average molecular weight is 175 g/mol. The normalized spacial score (nSPS) is 37.3. The lowest BCUT2D eigenvalue weighted by Crippen LogP contribution is -2.36. The molecule has 1 saturated carbocycles. The summed E-state index contributed by atoms with van der Waals surface area (Å²) in [5.41, 5.74) is 0.236. The summed E-state index contributed by atoms with van der Waals surface area (Å²) in [6, 6.07) is 0. The fourth-order valence-electron chi connectivity index (χ4n) is 1.48. The first-order valence-electron chi connectivity index (χ1n) is 4.10. The Morgan fingerprint density at radius 2 is 2.09 bits per heavy atom. The Balaban J connectivity index is 2.70. The molecule has 1 aliphatic carbocycles. The van der Waals surface area contributed by atoms with Crippen molar-refractivity contribution in [2.45, 2.75) is 39.0 Å². The van der Waals surface area contributed by atoms with Crippen LogP contribution < -0.4 is 0 Å². The molecule has 0 bridgehead atoms. The minimum atomic E-state index is -0.235. The van der Waals surface area contributed by atoms with E-state index in [0.29, 0.717) is 12.3 Å². The van der Waals surface area contributed by atoms with E-state index in [4.69, 9.17) is 11.6 Å². The van der Waals surface area contributed by atoms with E-state index >= 15 is 0 Å². The molecular weight excluding hydrogens is 160 g/mol. The molecule has 2 heteroatoms. The minimum absolute atomic E-state index is 0.221. The molecule has 1 rings (SSSR count). The van der Waals surface area contributed by atoms with Crippen molar-refractivity contribution in [1.29, 1.82) is 0 Å². The highest BCUT2D eigenvalue weighted by Gasteiger charge is 2.37. The second kappa shape index (κ2) is 2.78. The van der Waals surface area contributed by atoms with Crippen molar-refractivity contribution in [2.24, 2.45) is 11.3 Å². The first-order chi connectivity index (χ1) is 4.93. The van der Waals surface area contributed by atoms with E-state index in [0.717, 1.165) is 6.42 Å². The van der Waals surface area contributed by atoms with Gasteiger partial charge in [-0.3, -0.25) is 4.79 Å². The van der Waals surface area contributed by atoms with Gasteiger partial charge >= 0.3 is 0 Å². The number of Topliss-reactive ketones (excluding diaryl/α,β-unsaturated/α-hetero) is 1. The monoisotopic (exact) mass is 174 g/mol. The summed E-state index contributed by atoms with van der Waals surface area (Å²) >= 11 is 5.87. The SMILES string of the molecule is C[C@H]1CC(=O)[C@H](Cl)CC1(C)C. The van der Waals surface area contributed by atoms with Gasteiger partial charge in [0, 0.05) is 6.42 Å². The van der Waals surface area contributed by atoms with Gasteiger partial charge in [-0.1, -0.05) is 20.8 Å². The van der Waals surface area contributed by atoms with Crippen molar-refractivity contribution in [2.75, 3.05) is 0 Å². The Labute approximate surface area is 73.1 Å². The Bertz CT molecular complexity index is 174. The maximum absolute atomic E-state index is 11.2. The zero-order chi connectivity index (χ0) is 8.65. The molecule has 0 aromatic rings. The van der Waals surface area contributed by atoms with Gasteiger partial charge in [-0.15, -0.1) is 11.6 Å². The van der Waals surface area contributed by atoms with Gasteiger partial charge in [0.2, 0.25) is 0 Å². The van der Waals surface area contributed by atoms with Crippen LogP contribution in [0.5, 0.6) is 0 Å². The number of carbonyl (C=O) groups excluding carboxylic acids is 1. The van der Waals surface area contributed by atoms with Crippen molar-refractivity contribution in [3.05, 3.63) is 0 Å². The molecule has 0 heterocycles. The van der Waals surface area contributed by atoms with Gasteiger partial charge in [0.25, 0.3) is 0 Å². The quantitative estimate of drug-likeness (QED) is 0.516. The lowest BCUT2D eigenvalue weighted by molar-refractivity contribution is -0.123. The number of alkyl halides is 1.